The lowest BCUT2D eigenvalue weighted by Crippen LogP contribution is -2.45. The lowest BCUT2D eigenvalue weighted by Gasteiger charge is -2.45. The second-order valence-corrected chi connectivity index (χ2v) is 9.61. The number of aromatic nitrogens is 2. The molecular formula is C21H29F3N4O. The van der Waals surface area contributed by atoms with E-state index in [2.05, 4.69) is 15.3 Å². The summed E-state index contributed by atoms with van der Waals surface area (Å²) in [6.45, 7) is 2.56. The van der Waals surface area contributed by atoms with Gasteiger partial charge in [-0.2, -0.15) is 13.2 Å². The van der Waals surface area contributed by atoms with Gasteiger partial charge in [-0.05, 0) is 62.7 Å². The first kappa shape index (κ1) is 19.5. The van der Waals surface area contributed by atoms with Crippen molar-refractivity contribution < 1.29 is 17.9 Å². The molecule has 2 unspecified atom stereocenters. The second kappa shape index (κ2) is 7.38. The summed E-state index contributed by atoms with van der Waals surface area (Å²) in [4.78, 5) is 10.3. The predicted octanol–water partition coefficient (Wildman–Crippen LogP) is 4.10. The number of morpholine rings is 1. The molecule has 5 nitrogen and oxygen atoms in total. The standard InChI is InChI=1S/C21H29F3N4O/c22-21(23,24)18-17(13-28-3-5-29-6-4-28)12-25-19(26-18)27-20-2-1-14-7-15(10-20)9-16(8-14)11-20/h12,14-16H,1-11,13H2,(H,25,26,27). The zero-order valence-corrected chi connectivity index (χ0v) is 16.7. The summed E-state index contributed by atoms with van der Waals surface area (Å²) in [5.74, 6) is 2.34. The molecule has 0 aromatic carbocycles. The summed E-state index contributed by atoms with van der Waals surface area (Å²) >= 11 is 0. The molecule has 1 saturated heterocycles. The van der Waals surface area contributed by atoms with Crippen LogP contribution in [0.4, 0.5) is 19.1 Å². The molecule has 8 heteroatoms. The Kier molecular flexibility index (Phi) is 4.97. The summed E-state index contributed by atoms with van der Waals surface area (Å²) < 4.78 is 46.6. The summed E-state index contributed by atoms with van der Waals surface area (Å²) in [6.07, 6.45) is 5.01. The largest absolute Gasteiger partial charge is 0.433 e. The number of alkyl halides is 3. The zero-order valence-electron chi connectivity index (χ0n) is 16.7. The number of hydrogen-bond donors (Lipinski definition) is 1. The Balaban J connectivity index is 1.39. The van der Waals surface area contributed by atoms with Crippen molar-refractivity contribution in [1.29, 1.82) is 0 Å². The number of ether oxygens (including phenoxy) is 1. The van der Waals surface area contributed by atoms with Gasteiger partial charge in [0.05, 0.1) is 13.2 Å². The van der Waals surface area contributed by atoms with Gasteiger partial charge in [0.25, 0.3) is 0 Å². The summed E-state index contributed by atoms with van der Waals surface area (Å²) in [5, 5.41) is 3.41. The summed E-state index contributed by atoms with van der Waals surface area (Å²) in [7, 11) is 0. The lowest BCUT2D eigenvalue weighted by molar-refractivity contribution is -0.142. The first-order chi connectivity index (χ1) is 13.9. The van der Waals surface area contributed by atoms with Crippen LogP contribution < -0.4 is 5.32 Å². The van der Waals surface area contributed by atoms with Crippen LogP contribution in [0.1, 0.15) is 56.2 Å². The molecule has 4 saturated carbocycles. The van der Waals surface area contributed by atoms with E-state index in [9.17, 15) is 13.2 Å². The fraction of sp³-hybridized carbons (Fsp3) is 0.810. The molecule has 1 N–H and O–H groups in total. The Bertz CT molecular complexity index is 736. The highest BCUT2D eigenvalue weighted by Gasteiger charge is 2.48. The Labute approximate surface area is 169 Å². The van der Waals surface area contributed by atoms with Crippen molar-refractivity contribution in [2.24, 2.45) is 17.8 Å². The average Bonchev–Trinajstić information content (AvgIpc) is 2.86. The fourth-order valence-corrected chi connectivity index (χ4v) is 6.38. The van der Waals surface area contributed by atoms with Crippen molar-refractivity contribution in [3.8, 4) is 0 Å². The monoisotopic (exact) mass is 410 g/mol. The molecular weight excluding hydrogens is 381 g/mol. The van der Waals surface area contributed by atoms with E-state index < -0.39 is 11.9 Å². The molecule has 1 aromatic heterocycles. The van der Waals surface area contributed by atoms with Crippen LogP contribution in [0.3, 0.4) is 0 Å². The number of nitrogens with one attached hydrogen (secondary N) is 1. The Morgan fingerprint density at radius 3 is 2.48 bits per heavy atom. The fourth-order valence-electron chi connectivity index (χ4n) is 6.38. The van der Waals surface area contributed by atoms with Gasteiger partial charge >= 0.3 is 6.18 Å². The van der Waals surface area contributed by atoms with E-state index in [0.29, 0.717) is 38.1 Å². The number of hydrogen-bond acceptors (Lipinski definition) is 5. The van der Waals surface area contributed by atoms with Gasteiger partial charge in [0.1, 0.15) is 0 Å². The van der Waals surface area contributed by atoms with Gasteiger partial charge in [0.2, 0.25) is 5.95 Å². The van der Waals surface area contributed by atoms with Crippen molar-refractivity contribution in [2.75, 3.05) is 31.6 Å². The van der Waals surface area contributed by atoms with Gasteiger partial charge in [-0.15, -0.1) is 0 Å². The van der Waals surface area contributed by atoms with Crippen LogP contribution in [0.25, 0.3) is 0 Å². The van der Waals surface area contributed by atoms with Crippen LogP contribution in [0.15, 0.2) is 6.20 Å². The normalized spacial score (nSPS) is 34.9. The predicted molar refractivity (Wildman–Crippen MR) is 102 cm³/mol. The number of rotatable bonds is 4. The molecule has 4 bridgehead atoms. The molecule has 2 atom stereocenters. The molecule has 2 heterocycles. The first-order valence-electron chi connectivity index (χ1n) is 10.9. The molecule has 29 heavy (non-hydrogen) atoms. The minimum Gasteiger partial charge on any atom is -0.379 e. The minimum absolute atomic E-state index is 0.132. The molecule has 0 radical (unpaired) electrons. The van der Waals surface area contributed by atoms with E-state index in [1.54, 1.807) is 0 Å². The van der Waals surface area contributed by atoms with Crippen molar-refractivity contribution in [1.82, 2.24) is 14.9 Å². The minimum atomic E-state index is -4.49. The summed E-state index contributed by atoms with van der Waals surface area (Å²) in [5.41, 5.74) is -0.789. The van der Waals surface area contributed by atoms with E-state index in [-0.39, 0.29) is 23.6 Å². The highest BCUT2D eigenvalue weighted by atomic mass is 19.4. The van der Waals surface area contributed by atoms with Gasteiger partial charge < -0.3 is 10.1 Å². The van der Waals surface area contributed by atoms with Crippen LogP contribution in [0.2, 0.25) is 0 Å². The zero-order chi connectivity index (χ0) is 20.1. The molecule has 0 spiro atoms. The Morgan fingerprint density at radius 2 is 1.79 bits per heavy atom. The van der Waals surface area contributed by atoms with Gasteiger partial charge in [0.15, 0.2) is 5.69 Å². The Hall–Kier alpha value is -1.41. The SMILES string of the molecule is FC(F)(F)c1nc(NC23CCC4CC(CC(C4)C2)C3)ncc1CN1CCOCC1. The molecule has 4 aliphatic carbocycles. The highest BCUT2D eigenvalue weighted by molar-refractivity contribution is 5.35. The molecule has 1 aliphatic heterocycles. The Morgan fingerprint density at radius 1 is 1.10 bits per heavy atom. The van der Waals surface area contributed by atoms with Crippen LogP contribution in [-0.4, -0.2) is 46.7 Å². The van der Waals surface area contributed by atoms with Crippen molar-refractivity contribution in [2.45, 2.75) is 63.2 Å². The van der Waals surface area contributed by atoms with Gasteiger partial charge in [-0.3, -0.25) is 4.90 Å². The quantitative estimate of drug-likeness (QED) is 0.810. The molecule has 6 rings (SSSR count). The van der Waals surface area contributed by atoms with E-state index in [1.807, 2.05) is 4.90 Å². The van der Waals surface area contributed by atoms with Gasteiger partial charge in [0, 0.05) is 36.9 Å². The lowest BCUT2D eigenvalue weighted by atomic mass is 9.65. The van der Waals surface area contributed by atoms with Gasteiger partial charge in [-0.25, -0.2) is 9.97 Å². The smallest absolute Gasteiger partial charge is 0.379 e. The average molecular weight is 410 g/mol. The van der Waals surface area contributed by atoms with E-state index >= 15 is 0 Å². The highest BCUT2D eigenvalue weighted by Crippen LogP contribution is 2.53. The third-order valence-corrected chi connectivity index (χ3v) is 7.40. The van der Waals surface area contributed by atoms with E-state index in [1.165, 1.54) is 31.9 Å². The van der Waals surface area contributed by atoms with Crippen LogP contribution >= 0.6 is 0 Å². The maximum Gasteiger partial charge on any atom is 0.433 e. The third-order valence-electron chi connectivity index (χ3n) is 7.40. The van der Waals surface area contributed by atoms with E-state index in [4.69, 9.17) is 4.74 Å². The van der Waals surface area contributed by atoms with Crippen molar-refractivity contribution in [3.05, 3.63) is 17.5 Å². The van der Waals surface area contributed by atoms with E-state index in [0.717, 1.165) is 25.2 Å². The molecule has 0 amide bonds. The summed E-state index contributed by atoms with van der Waals surface area (Å²) in [6, 6.07) is 0. The molecule has 1 aromatic rings. The third kappa shape index (κ3) is 4.10. The first-order valence-corrected chi connectivity index (χ1v) is 10.9. The molecule has 160 valence electrons. The van der Waals surface area contributed by atoms with Crippen LogP contribution in [-0.2, 0) is 17.5 Å². The van der Waals surface area contributed by atoms with Crippen molar-refractivity contribution >= 4 is 5.95 Å². The number of anilines is 1. The number of halogens is 3. The molecule has 5 fully saturated rings. The second-order valence-electron chi connectivity index (χ2n) is 9.61. The number of nitrogens with zero attached hydrogens (tertiary/aromatic N) is 3. The maximum absolute atomic E-state index is 13.8. The van der Waals surface area contributed by atoms with Crippen molar-refractivity contribution in [3.63, 3.8) is 0 Å². The van der Waals surface area contributed by atoms with Crippen LogP contribution in [0.5, 0.6) is 0 Å². The topological polar surface area (TPSA) is 50.3 Å². The van der Waals surface area contributed by atoms with Crippen LogP contribution in [0, 0.1) is 17.8 Å². The molecule has 5 aliphatic rings. The number of fused-ring (bicyclic) bond motifs is 1. The van der Waals surface area contributed by atoms with Gasteiger partial charge in [-0.1, -0.05) is 0 Å². The maximum atomic E-state index is 13.8.